The van der Waals surface area contributed by atoms with Gasteiger partial charge in [0.25, 0.3) is 0 Å². The van der Waals surface area contributed by atoms with Gasteiger partial charge >= 0.3 is 0 Å². The van der Waals surface area contributed by atoms with Crippen molar-refractivity contribution in [3.63, 3.8) is 0 Å². The summed E-state index contributed by atoms with van der Waals surface area (Å²) in [6.07, 6.45) is 24.8. The summed E-state index contributed by atoms with van der Waals surface area (Å²) in [5, 5.41) is 0. The van der Waals surface area contributed by atoms with E-state index in [0.717, 1.165) is 12.0 Å². The lowest BCUT2D eigenvalue weighted by atomic mass is 9.98. The fourth-order valence-electron chi connectivity index (χ4n) is 4.14. The summed E-state index contributed by atoms with van der Waals surface area (Å²) in [4.78, 5) is 11.9. The first-order valence-corrected chi connectivity index (χ1v) is 13.1. The first-order valence-electron chi connectivity index (χ1n) is 12.5. The van der Waals surface area contributed by atoms with Crippen molar-refractivity contribution in [1.82, 2.24) is 0 Å². The average Bonchev–Trinajstić information content (AvgIpc) is 2.75. The molecule has 1 aromatic rings. The summed E-state index contributed by atoms with van der Waals surface area (Å²) in [7, 11) is 0. The maximum atomic E-state index is 11.9. The Hall–Kier alpha value is -0.760. The van der Waals surface area contributed by atoms with Crippen LogP contribution in [-0.2, 0) is 6.42 Å². The van der Waals surface area contributed by atoms with E-state index in [-0.39, 0.29) is 5.78 Å². The molecular formula is C27H46OS. The molecular weight excluding hydrogens is 372 g/mol. The number of hydrogen-bond acceptors (Lipinski definition) is 2. The Balaban J connectivity index is 1.87. The molecule has 0 heterocycles. The molecule has 0 aromatic heterocycles. The van der Waals surface area contributed by atoms with E-state index >= 15 is 0 Å². The Morgan fingerprint density at radius 2 is 1.07 bits per heavy atom. The van der Waals surface area contributed by atoms with Gasteiger partial charge in [-0.15, -0.1) is 0 Å². The van der Waals surface area contributed by atoms with Crippen LogP contribution < -0.4 is 0 Å². The molecule has 0 fully saturated rings. The van der Waals surface area contributed by atoms with Gasteiger partial charge in [-0.05, 0) is 18.4 Å². The van der Waals surface area contributed by atoms with Crippen LogP contribution in [0.1, 0.15) is 132 Å². The van der Waals surface area contributed by atoms with E-state index in [9.17, 15) is 4.79 Å². The van der Waals surface area contributed by atoms with Crippen LogP contribution in [0.2, 0.25) is 0 Å². The molecule has 0 unspecified atom stereocenters. The number of benzene rings is 1. The molecule has 0 bridgehead atoms. The Morgan fingerprint density at radius 1 is 0.655 bits per heavy atom. The quantitative estimate of drug-likeness (QED) is 0.127. The minimum absolute atomic E-state index is 0.149. The summed E-state index contributed by atoms with van der Waals surface area (Å²) in [5.41, 5.74) is 2.08. The maximum Gasteiger partial charge on any atom is 0.172 e. The van der Waals surface area contributed by atoms with E-state index in [2.05, 4.69) is 25.6 Å². The van der Waals surface area contributed by atoms with Crippen LogP contribution in [-0.4, -0.2) is 11.5 Å². The lowest BCUT2D eigenvalue weighted by Gasteiger charge is -2.07. The second-order valence-electron chi connectivity index (χ2n) is 8.65. The van der Waals surface area contributed by atoms with Crippen LogP contribution in [0, 0.1) is 0 Å². The smallest absolute Gasteiger partial charge is 0.172 e. The van der Waals surface area contributed by atoms with E-state index in [1.807, 2.05) is 18.2 Å². The van der Waals surface area contributed by atoms with Crippen LogP contribution in [0.4, 0.5) is 0 Å². The topological polar surface area (TPSA) is 17.1 Å². The number of hydrogen-bond donors (Lipinski definition) is 1. The van der Waals surface area contributed by atoms with Crippen molar-refractivity contribution in [2.75, 3.05) is 5.75 Å². The standard InChI is InChI=1S/C27H46OS/c1-2-3-4-5-6-7-8-9-10-11-12-13-14-15-16-17-18-21-25-22-19-20-23-26(25)27(28)24-29/h19-20,22-23,29H,2-18,21,24H2,1H3. The first kappa shape index (κ1) is 26.3. The van der Waals surface area contributed by atoms with Crippen LogP contribution in [0.15, 0.2) is 24.3 Å². The van der Waals surface area contributed by atoms with Crippen molar-refractivity contribution in [3.05, 3.63) is 35.4 Å². The van der Waals surface area contributed by atoms with Gasteiger partial charge in [0.15, 0.2) is 5.78 Å². The third-order valence-electron chi connectivity index (χ3n) is 6.01. The van der Waals surface area contributed by atoms with Gasteiger partial charge in [0, 0.05) is 5.56 Å². The van der Waals surface area contributed by atoms with E-state index < -0.39 is 0 Å². The minimum atomic E-state index is 0.149. The SMILES string of the molecule is CCCCCCCCCCCCCCCCCCCc1ccccc1C(=O)CS. The van der Waals surface area contributed by atoms with Gasteiger partial charge in [-0.1, -0.05) is 134 Å². The summed E-state index contributed by atoms with van der Waals surface area (Å²) in [5.74, 6) is 0.451. The lowest BCUT2D eigenvalue weighted by molar-refractivity contribution is 0.102. The predicted molar refractivity (Wildman–Crippen MR) is 132 cm³/mol. The molecule has 0 saturated carbocycles. The molecule has 1 aromatic carbocycles. The summed E-state index contributed by atoms with van der Waals surface area (Å²) in [6, 6.07) is 8.04. The molecule has 0 aliphatic rings. The lowest BCUT2D eigenvalue weighted by Crippen LogP contribution is -2.05. The van der Waals surface area contributed by atoms with E-state index in [1.165, 1.54) is 115 Å². The van der Waals surface area contributed by atoms with Gasteiger partial charge < -0.3 is 0 Å². The largest absolute Gasteiger partial charge is 0.293 e. The first-order chi connectivity index (χ1) is 14.3. The molecule has 0 spiro atoms. The molecule has 0 aliphatic carbocycles. The van der Waals surface area contributed by atoms with Crippen molar-refractivity contribution >= 4 is 18.4 Å². The highest BCUT2D eigenvalue weighted by Gasteiger charge is 2.08. The van der Waals surface area contributed by atoms with Crippen molar-refractivity contribution in [3.8, 4) is 0 Å². The van der Waals surface area contributed by atoms with Gasteiger partial charge in [0.1, 0.15) is 0 Å². The molecule has 1 rings (SSSR count). The highest BCUT2D eigenvalue weighted by Crippen LogP contribution is 2.16. The summed E-state index contributed by atoms with van der Waals surface area (Å²) in [6.45, 7) is 2.29. The number of thiol groups is 1. The van der Waals surface area contributed by atoms with Crippen molar-refractivity contribution in [2.24, 2.45) is 0 Å². The zero-order valence-electron chi connectivity index (χ0n) is 19.1. The fourth-order valence-corrected chi connectivity index (χ4v) is 4.31. The highest BCUT2D eigenvalue weighted by atomic mass is 32.1. The molecule has 29 heavy (non-hydrogen) atoms. The number of rotatable bonds is 20. The maximum absolute atomic E-state index is 11.9. The van der Waals surface area contributed by atoms with Crippen molar-refractivity contribution in [1.29, 1.82) is 0 Å². The molecule has 0 atom stereocenters. The minimum Gasteiger partial charge on any atom is -0.293 e. The normalized spacial score (nSPS) is 11.1. The second-order valence-corrected chi connectivity index (χ2v) is 8.96. The monoisotopic (exact) mass is 418 g/mol. The number of ketones is 1. The molecule has 1 nitrogen and oxygen atoms in total. The molecule has 166 valence electrons. The Morgan fingerprint density at radius 3 is 1.52 bits per heavy atom. The van der Waals surface area contributed by atoms with Crippen molar-refractivity contribution < 1.29 is 4.79 Å². The number of unbranched alkanes of at least 4 members (excludes halogenated alkanes) is 16. The molecule has 0 saturated heterocycles. The van der Waals surface area contributed by atoms with Gasteiger partial charge in [0.2, 0.25) is 0 Å². The average molecular weight is 419 g/mol. The summed E-state index contributed by atoms with van der Waals surface area (Å²) < 4.78 is 0. The Labute approximate surface area is 186 Å². The predicted octanol–water partition coefficient (Wildman–Crippen LogP) is 8.99. The molecule has 0 N–H and O–H groups in total. The van der Waals surface area contributed by atoms with Gasteiger partial charge in [-0.3, -0.25) is 4.79 Å². The zero-order valence-corrected chi connectivity index (χ0v) is 20.0. The number of carbonyl (C=O) groups excluding carboxylic acids is 1. The highest BCUT2D eigenvalue weighted by molar-refractivity contribution is 7.81. The number of carbonyl (C=O) groups is 1. The van der Waals surface area contributed by atoms with Gasteiger partial charge in [-0.2, -0.15) is 12.6 Å². The molecule has 0 aliphatic heterocycles. The van der Waals surface area contributed by atoms with Gasteiger partial charge in [-0.25, -0.2) is 0 Å². The Kier molecular flexibility index (Phi) is 17.4. The van der Waals surface area contributed by atoms with Crippen LogP contribution in [0.3, 0.4) is 0 Å². The number of Topliss-reactive ketones (excluding diaryl/α,β-unsaturated/α-hetero) is 1. The van der Waals surface area contributed by atoms with E-state index in [0.29, 0.717) is 5.75 Å². The zero-order chi connectivity index (χ0) is 21.0. The molecule has 0 radical (unpaired) electrons. The van der Waals surface area contributed by atoms with Crippen LogP contribution in [0.5, 0.6) is 0 Å². The summed E-state index contributed by atoms with van der Waals surface area (Å²) >= 11 is 4.13. The third-order valence-corrected chi connectivity index (χ3v) is 6.30. The number of aryl methyl sites for hydroxylation is 1. The fraction of sp³-hybridized carbons (Fsp3) is 0.741. The van der Waals surface area contributed by atoms with Crippen molar-refractivity contribution in [2.45, 2.75) is 122 Å². The second kappa shape index (κ2) is 19.2. The Bertz CT molecular complexity index is 511. The van der Waals surface area contributed by atoms with Crippen LogP contribution in [0.25, 0.3) is 0 Å². The third kappa shape index (κ3) is 14.0. The molecule has 2 heteroatoms. The molecule has 0 amide bonds. The van der Waals surface area contributed by atoms with E-state index in [4.69, 9.17) is 0 Å². The van der Waals surface area contributed by atoms with Gasteiger partial charge in [0.05, 0.1) is 5.75 Å². The van der Waals surface area contributed by atoms with Crippen LogP contribution >= 0.6 is 12.6 Å². The van der Waals surface area contributed by atoms with E-state index in [1.54, 1.807) is 0 Å².